The van der Waals surface area contributed by atoms with Crippen molar-refractivity contribution in [1.29, 1.82) is 0 Å². The molecule has 0 radical (unpaired) electrons. The van der Waals surface area contributed by atoms with Crippen LogP contribution in [0, 0.1) is 0 Å². The summed E-state index contributed by atoms with van der Waals surface area (Å²) in [4.78, 5) is 71.1. The SMILES string of the molecule is COc1ccc(C[C@@H]2[C@H](OC(=O)CC[C@H]3CN(C(=O)OC(C)(C)C)CCN3C(=O)OC(C)(C)C)[C@@H](OC(=O)OC(C)(C)C)CN2C(=O)OC(C)(C)C)cc1. The Labute approximate surface area is 319 Å². The molecule has 15 nitrogen and oxygen atoms in total. The van der Waals surface area contributed by atoms with Crippen molar-refractivity contribution in [1.82, 2.24) is 14.7 Å². The summed E-state index contributed by atoms with van der Waals surface area (Å²) in [6, 6.07) is 5.80. The van der Waals surface area contributed by atoms with Gasteiger partial charge < -0.3 is 43.0 Å². The number of carbonyl (C=O) groups excluding carboxylic acids is 5. The summed E-state index contributed by atoms with van der Waals surface area (Å²) < 4.78 is 39.6. The van der Waals surface area contributed by atoms with Crippen LogP contribution in [0.25, 0.3) is 0 Å². The van der Waals surface area contributed by atoms with Gasteiger partial charge >= 0.3 is 30.4 Å². The fourth-order valence-electron chi connectivity index (χ4n) is 5.93. The normalized spacial score (nSPS) is 20.9. The Morgan fingerprint density at radius 1 is 0.648 bits per heavy atom. The van der Waals surface area contributed by atoms with Crippen LogP contribution in [0.3, 0.4) is 0 Å². The zero-order chi connectivity index (χ0) is 40.8. The summed E-state index contributed by atoms with van der Waals surface area (Å²) in [7, 11) is 1.55. The van der Waals surface area contributed by atoms with Crippen LogP contribution in [0.5, 0.6) is 5.75 Å². The highest BCUT2D eigenvalue weighted by molar-refractivity contribution is 5.73. The predicted octanol–water partition coefficient (Wildman–Crippen LogP) is 6.73. The molecule has 3 rings (SSSR count). The molecule has 2 fully saturated rings. The van der Waals surface area contributed by atoms with Gasteiger partial charge in [0.2, 0.25) is 0 Å². The van der Waals surface area contributed by atoms with Crippen molar-refractivity contribution in [2.24, 2.45) is 0 Å². The Balaban J connectivity index is 1.92. The van der Waals surface area contributed by atoms with E-state index in [1.807, 2.05) is 12.1 Å². The fraction of sp³-hybridized carbons (Fsp3) is 0.718. The van der Waals surface area contributed by atoms with Crippen molar-refractivity contribution in [2.45, 2.75) is 149 Å². The van der Waals surface area contributed by atoms with Crippen LogP contribution in [0.2, 0.25) is 0 Å². The largest absolute Gasteiger partial charge is 0.509 e. The van der Waals surface area contributed by atoms with Gasteiger partial charge in [-0.25, -0.2) is 19.2 Å². The Morgan fingerprint density at radius 3 is 1.69 bits per heavy atom. The highest BCUT2D eigenvalue weighted by atomic mass is 16.7. The molecule has 0 saturated carbocycles. The van der Waals surface area contributed by atoms with E-state index in [2.05, 4.69) is 0 Å². The smallest absolute Gasteiger partial charge is 0.497 e. The molecule has 3 amide bonds. The molecule has 1 aromatic carbocycles. The van der Waals surface area contributed by atoms with Crippen molar-refractivity contribution in [2.75, 3.05) is 33.3 Å². The van der Waals surface area contributed by atoms with Crippen LogP contribution in [0.1, 0.15) is 101 Å². The second kappa shape index (κ2) is 17.4. The topological polar surface area (TPSA) is 160 Å². The molecule has 2 aliphatic rings. The molecule has 0 N–H and O–H groups in total. The molecular formula is C39H61N3O12. The van der Waals surface area contributed by atoms with Gasteiger partial charge in [-0.2, -0.15) is 0 Å². The van der Waals surface area contributed by atoms with Crippen LogP contribution < -0.4 is 4.74 Å². The number of hydrogen-bond acceptors (Lipinski definition) is 12. The zero-order valence-electron chi connectivity index (χ0n) is 34.3. The van der Waals surface area contributed by atoms with E-state index in [1.54, 1.807) is 102 Å². The van der Waals surface area contributed by atoms with E-state index in [9.17, 15) is 24.0 Å². The van der Waals surface area contributed by atoms with Crippen LogP contribution in [-0.4, -0.2) is 125 Å². The first-order valence-electron chi connectivity index (χ1n) is 18.4. The number of carbonyl (C=O) groups is 5. The summed E-state index contributed by atoms with van der Waals surface area (Å²) in [5.41, 5.74) is -2.42. The minimum Gasteiger partial charge on any atom is -0.497 e. The quantitative estimate of drug-likeness (QED) is 0.203. The van der Waals surface area contributed by atoms with Gasteiger partial charge in [0.25, 0.3) is 0 Å². The zero-order valence-corrected chi connectivity index (χ0v) is 34.3. The van der Waals surface area contributed by atoms with Crippen LogP contribution >= 0.6 is 0 Å². The Kier molecular flexibility index (Phi) is 14.1. The van der Waals surface area contributed by atoms with E-state index < -0.39 is 77.1 Å². The van der Waals surface area contributed by atoms with Crippen molar-refractivity contribution in [3.8, 4) is 5.75 Å². The molecule has 0 aliphatic carbocycles. The standard InChI is InChI=1S/C39H61N3O12/c1-36(2,3)51-32(44)40-20-21-41(33(45)52-37(4,5)6)26(23-40)16-19-30(43)50-31-28(22-25-14-17-27(48-13)18-15-25)42(34(46)53-38(7,8)9)24-29(31)49-35(47)54-39(10,11)12/h14-15,17-18,26,28-29,31H,16,19-24H2,1-13H3/t26-,28+,29-,31-/m0/s1. The van der Waals surface area contributed by atoms with Crippen LogP contribution in [0.4, 0.5) is 19.2 Å². The highest BCUT2D eigenvalue weighted by Crippen LogP contribution is 2.31. The summed E-state index contributed by atoms with van der Waals surface area (Å²) in [6.07, 6.45) is -4.83. The number of esters is 1. The van der Waals surface area contributed by atoms with Gasteiger partial charge in [-0.05, 0) is 114 Å². The lowest BCUT2D eigenvalue weighted by molar-refractivity contribution is -0.156. The number of hydrogen-bond donors (Lipinski definition) is 0. The van der Waals surface area contributed by atoms with E-state index in [-0.39, 0.29) is 45.4 Å². The molecule has 15 heteroatoms. The van der Waals surface area contributed by atoms with E-state index >= 15 is 0 Å². The lowest BCUT2D eigenvalue weighted by atomic mass is 10.0. The third kappa shape index (κ3) is 14.1. The van der Waals surface area contributed by atoms with Crippen LogP contribution in [0.15, 0.2) is 24.3 Å². The van der Waals surface area contributed by atoms with E-state index in [0.29, 0.717) is 5.75 Å². The van der Waals surface area contributed by atoms with E-state index in [1.165, 1.54) is 14.7 Å². The molecule has 0 bridgehead atoms. The number of nitrogens with zero attached hydrogens (tertiary/aromatic N) is 3. The first kappa shape index (κ1) is 44.0. The third-order valence-electron chi connectivity index (χ3n) is 8.10. The molecular weight excluding hydrogens is 702 g/mol. The first-order valence-corrected chi connectivity index (χ1v) is 18.4. The van der Waals surface area contributed by atoms with Crippen molar-refractivity contribution in [3.05, 3.63) is 29.8 Å². The van der Waals surface area contributed by atoms with Gasteiger partial charge in [-0.1, -0.05) is 12.1 Å². The monoisotopic (exact) mass is 763 g/mol. The van der Waals surface area contributed by atoms with Gasteiger partial charge in [-0.15, -0.1) is 0 Å². The Bertz CT molecular complexity index is 1470. The molecule has 2 aliphatic heterocycles. The number of benzene rings is 1. The lowest BCUT2D eigenvalue weighted by Gasteiger charge is -2.41. The maximum absolute atomic E-state index is 13.8. The molecule has 2 saturated heterocycles. The number of methoxy groups -OCH3 is 1. The van der Waals surface area contributed by atoms with Crippen molar-refractivity contribution < 1.29 is 57.1 Å². The van der Waals surface area contributed by atoms with Gasteiger partial charge in [-0.3, -0.25) is 9.69 Å². The number of amides is 3. The molecule has 1 aromatic rings. The molecule has 0 aromatic heterocycles. The molecule has 2 heterocycles. The van der Waals surface area contributed by atoms with Crippen molar-refractivity contribution >= 4 is 30.4 Å². The van der Waals surface area contributed by atoms with Gasteiger partial charge in [0.15, 0.2) is 12.2 Å². The van der Waals surface area contributed by atoms with E-state index in [0.717, 1.165) is 5.56 Å². The third-order valence-corrected chi connectivity index (χ3v) is 8.10. The number of likely N-dealkylation sites (tertiary alicyclic amines) is 1. The molecule has 4 atom stereocenters. The van der Waals surface area contributed by atoms with Crippen LogP contribution in [-0.2, 0) is 39.6 Å². The summed E-state index contributed by atoms with van der Waals surface area (Å²) in [6.45, 7) is 21.2. The lowest BCUT2D eigenvalue weighted by Crippen LogP contribution is -2.58. The Hall–Kier alpha value is -4.43. The highest BCUT2D eigenvalue weighted by Gasteiger charge is 2.50. The number of ether oxygens (including phenoxy) is 7. The molecule has 0 unspecified atom stereocenters. The molecule has 304 valence electrons. The van der Waals surface area contributed by atoms with Crippen molar-refractivity contribution in [3.63, 3.8) is 0 Å². The van der Waals surface area contributed by atoms with Gasteiger partial charge in [0.1, 0.15) is 28.2 Å². The number of rotatable bonds is 8. The number of piperazine rings is 1. The minimum absolute atomic E-state index is 0.0990. The summed E-state index contributed by atoms with van der Waals surface area (Å²) >= 11 is 0. The fourth-order valence-corrected chi connectivity index (χ4v) is 5.93. The second-order valence-electron chi connectivity index (χ2n) is 17.6. The minimum atomic E-state index is -1.12. The summed E-state index contributed by atoms with van der Waals surface area (Å²) in [5, 5.41) is 0. The average molecular weight is 764 g/mol. The molecule has 0 spiro atoms. The summed E-state index contributed by atoms with van der Waals surface area (Å²) in [5.74, 6) is -0.0289. The van der Waals surface area contributed by atoms with Gasteiger partial charge in [0, 0.05) is 26.1 Å². The maximum atomic E-state index is 13.8. The first-order chi connectivity index (χ1) is 24.7. The predicted molar refractivity (Wildman–Crippen MR) is 198 cm³/mol. The maximum Gasteiger partial charge on any atom is 0.509 e. The van der Waals surface area contributed by atoms with Gasteiger partial charge in [0.05, 0.1) is 25.7 Å². The second-order valence-corrected chi connectivity index (χ2v) is 17.6. The Morgan fingerprint density at radius 2 is 1.17 bits per heavy atom. The molecule has 54 heavy (non-hydrogen) atoms. The van der Waals surface area contributed by atoms with E-state index in [4.69, 9.17) is 33.2 Å². The average Bonchev–Trinajstić information content (AvgIpc) is 3.32.